The van der Waals surface area contributed by atoms with E-state index in [1.54, 1.807) is 12.5 Å². The Hall–Kier alpha value is -2.56. The Labute approximate surface area is 117 Å². The average molecular weight is 268 g/mol. The van der Waals surface area contributed by atoms with E-state index in [2.05, 4.69) is 21.5 Å². The van der Waals surface area contributed by atoms with Crippen LogP contribution in [0.5, 0.6) is 0 Å². The fourth-order valence-corrected chi connectivity index (χ4v) is 2.32. The van der Waals surface area contributed by atoms with Crippen molar-refractivity contribution in [3.05, 3.63) is 55.0 Å². The fraction of sp³-hybridized carbons (Fsp3) is 0.200. The lowest BCUT2D eigenvalue weighted by atomic mass is 10.1. The van der Waals surface area contributed by atoms with Crippen molar-refractivity contribution in [2.24, 2.45) is 0 Å². The number of rotatable bonds is 4. The molecular weight excluding hydrogens is 252 g/mol. The van der Waals surface area contributed by atoms with Crippen molar-refractivity contribution < 1.29 is 4.42 Å². The normalized spacial score (nSPS) is 12.4. The Bertz CT molecular complexity index is 687. The van der Waals surface area contributed by atoms with Crippen LogP contribution in [0.3, 0.4) is 0 Å². The molecule has 5 nitrogen and oxygen atoms in total. The van der Waals surface area contributed by atoms with Crippen molar-refractivity contribution in [2.45, 2.75) is 19.4 Å². The lowest BCUT2D eigenvalue weighted by molar-refractivity contribution is 0.450. The summed E-state index contributed by atoms with van der Waals surface area (Å²) in [6.45, 7) is 2.13. The Morgan fingerprint density at radius 2 is 2.25 bits per heavy atom. The molecular formula is C15H16N4O. The van der Waals surface area contributed by atoms with Crippen LogP contribution in [0.4, 0.5) is 5.82 Å². The van der Waals surface area contributed by atoms with Crippen LogP contribution in [0.25, 0.3) is 11.3 Å². The van der Waals surface area contributed by atoms with Crippen LogP contribution in [0.15, 0.2) is 53.7 Å². The van der Waals surface area contributed by atoms with Crippen LogP contribution in [0, 0.1) is 0 Å². The Morgan fingerprint density at radius 3 is 3.00 bits per heavy atom. The quantitative estimate of drug-likeness (QED) is 0.789. The van der Waals surface area contributed by atoms with Gasteiger partial charge in [0.25, 0.3) is 0 Å². The lowest BCUT2D eigenvalue weighted by Crippen LogP contribution is -2.09. The first kappa shape index (κ1) is 12.5. The van der Waals surface area contributed by atoms with E-state index in [4.69, 9.17) is 10.2 Å². The molecule has 0 amide bonds. The van der Waals surface area contributed by atoms with E-state index in [1.807, 2.05) is 36.8 Å². The summed E-state index contributed by atoms with van der Waals surface area (Å²) in [7, 11) is 0. The minimum atomic E-state index is 0.221. The highest BCUT2D eigenvalue weighted by molar-refractivity contribution is 5.70. The number of nitrogen functional groups attached to an aromatic ring is 1. The summed E-state index contributed by atoms with van der Waals surface area (Å²) in [6, 6.07) is 7.93. The van der Waals surface area contributed by atoms with Crippen molar-refractivity contribution in [1.29, 1.82) is 0 Å². The number of aromatic nitrogens is 3. The maximum absolute atomic E-state index is 5.95. The van der Waals surface area contributed by atoms with E-state index in [-0.39, 0.29) is 6.04 Å². The van der Waals surface area contributed by atoms with Crippen molar-refractivity contribution in [3.63, 3.8) is 0 Å². The highest BCUT2D eigenvalue weighted by Crippen LogP contribution is 2.27. The largest absolute Gasteiger partial charge is 0.469 e. The molecule has 0 bridgehead atoms. The van der Waals surface area contributed by atoms with E-state index in [9.17, 15) is 0 Å². The zero-order chi connectivity index (χ0) is 13.9. The SMILES string of the molecule is CC(Cc1ccco1)n1cncc1-c1cccnc1N. The Balaban J connectivity index is 1.92. The first-order chi connectivity index (χ1) is 9.75. The summed E-state index contributed by atoms with van der Waals surface area (Å²) < 4.78 is 7.49. The first-order valence-electron chi connectivity index (χ1n) is 6.51. The van der Waals surface area contributed by atoms with Gasteiger partial charge in [0, 0.05) is 24.2 Å². The second-order valence-corrected chi connectivity index (χ2v) is 4.75. The van der Waals surface area contributed by atoms with Crippen LogP contribution >= 0.6 is 0 Å². The zero-order valence-electron chi connectivity index (χ0n) is 11.2. The molecule has 3 aromatic rings. The van der Waals surface area contributed by atoms with Gasteiger partial charge in [-0.15, -0.1) is 0 Å². The van der Waals surface area contributed by atoms with E-state index >= 15 is 0 Å². The van der Waals surface area contributed by atoms with Gasteiger partial charge in [0.1, 0.15) is 11.6 Å². The third kappa shape index (κ3) is 2.30. The average Bonchev–Trinajstić information content (AvgIpc) is 3.09. The maximum Gasteiger partial charge on any atom is 0.132 e. The summed E-state index contributed by atoms with van der Waals surface area (Å²) in [5, 5.41) is 0. The molecule has 0 saturated carbocycles. The number of hydrogen-bond acceptors (Lipinski definition) is 4. The fourth-order valence-electron chi connectivity index (χ4n) is 2.32. The van der Waals surface area contributed by atoms with Crippen molar-refractivity contribution in [3.8, 4) is 11.3 Å². The zero-order valence-corrected chi connectivity index (χ0v) is 11.2. The molecule has 0 aliphatic heterocycles. The number of pyridine rings is 1. The van der Waals surface area contributed by atoms with Gasteiger partial charge < -0.3 is 14.7 Å². The van der Waals surface area contributed by atoms with Gasteiger partial charge in [-0.1, -0.05) is 0 Å². The molecule has 0 spiro atoms. The molecule has 1 atom stereocenters. The smallest absolute Gasteiger partial charge is 0.132 e. The molecule has 0 aliphatic carbocycles. The van der Waals surface area contributed by atoms with Gasteiger partial charge in [0.2, 0.25) is 0 Å². The number of furan rings is 1. The Kier molecular flexibility index (Phi) is 3.25. The highest BCUT2D eigenvalue weighted by atomic mass is 16.3. The second kappa shape index (κ2) is 5.21. The molecule has 0 aromatic carbocycles. The predicted molar refractivity (Wildman–Crippen MR) is 77.0 cm³/mol. The first-order valence-corrected chi connectivity index (χ1v) is 6.51. The van der Waals surface area contributed by atoms with Crippen molar-refractivity contribution in [1.82, 2.24) is 14.5 Å². The summed E-state index contributed by atoms with van der Waals surface area (Å²) in [5.74, 6) is 1.47. The molecule has 0 saturated heterocycles. The van der Waals surface area contributed by atoms with E-state index in [0.717, 1.165) is 23.4 Å². The minimum absolute atomic E-state index is 0.221. The molecule has 3 rings (SSSR count). The van der Waals surface area contributed by atoms with Gasteiger partial charge in [0.05, 0.1) is 24.5 Å². The molecule has 0 radical (unpaired) electrons. The van der Waals surface area contributed by atoms with Gasteiger partial charge >= 0.3 is 0 Å². The van der Waals surface area contributed by atoms with E-state index < -0.39 is 0 Å². The summed E-state index contributed by atoms with van der Waals surface area (Å²) in [4.78, 5) is 8.37. The van der Waals surface area contributed by atoms with Gasteiger partial charge in [0.15, 0.2) is 0 Å². The van der Waals surface area contributed by atoms with Crippen molar-refractivity contribution in [2.75, 3.05) is 5.73 Å². The van der Waals surface area contributed by atoms with Crippen LogP contribution in [0.1, 0.15) is 18.7 Å². The number of anilines is 1. The van der Waals surface area contributed by atoms with Gasteiger partial charge in [-0.2, -0.15) is 0 Å². The van der Waals surface area contributed by atoms with Crippen LogP contribution < -0.4 is 5.73 Å². The van der Waals surface area contributed by atoms with Crippen molar-refractivity contribution >= 4 is 5.82 Å². The summed E-state index contributed by atoms with van der Waals surface area (Å²) in [6.07, 6.45) is 7.81. The number of nitrogens with zero attached hydrogens (tertiary/aromatic N) is 3. The summed E-state index contributed by atoms with van der Waals surface area (Å²) in [5.41, 5.74) is 7.81. The third-order valence-corrected chi connectivity index (χ3v) is 3.33. The minimum Gasteiger partial charge on any atom is -0.469 e. The third-order valence-electron chi connectivity index (χ3n) is 3.33. The van der Waals surface area contributed by atoms with Crippen LogP contribution in [0.2, 0.25) is 0 Å². The van der Waals surface area contributed by atoms with E-state index in [0.29, 0.717) is 5.82 Å². The molecule has 2 N–H and O–H groups in total. The topological polar surface area (TPSA) is 69.9 Å². The number of hydrogen-bond donors (Lipinski definition) is 1. The molecule has 20 heavy (non-hydrogen) atoms. The van der Waals surface area contributed by atoms with Gasteiger partial charge in [-0.05, 0) is 31.2 Å². The van der Waals surface area contributed by atoms with Gasteiger partial charge in [-0.3, -0.25) is 0 Å². The van der Waals surface area contributed by atoms with Crippen LogP contribution in [-0.2, 0) is 6.42 Å². The molecule has 3 aromatic heterocycles. The van der Waals surface area contributed by atoms with Crippen LogP contribution in [-0.4, -0.2) is 14.5 Å². The van der Waals surface area contributed by atoms with E-state index in [1.165, 1.54) is 0 Å². The molecule has 5 heteroatoms. The molecule has 0 aliphatic rings. The highest BCUT2D eigenvalue weighted by Gasteiger charge is 2.14. The maximum atomic E-state index is 5.95. The standard InChI is InChI=1S/C15H16N4O/c1-11(8-12-4-3-7-20-12)19-10-17-9-14(19)13-5-2-6-18-15(13)16/h2-7,9-11H,8H2,1H3,(H2,16,18). The lowest BCUT2D eigenvalue weighted by Gasteiger charge is -2.16. The van der Waals surface area contributed by atoms with Gasteiger partial charge in [-0.25, -0.2) is 9.97 Å². The molecule has 102 valence electrons. The number of imidazole rings is 1. The summed E-state index contributed by atoms with van der Waals surface area (Å²) >= 11 is 0. The monoisotopic (exact) mass is 268 g/mol. The molecule has 1 unspecified atom stereocenters. The second-order valence-electron chi connectivity index (χ2n) is 4.75. The Morgan fingerprint density at radius 1 is 1.35 bits per heavy atom. The number of nitrogens with two attached hydrogens (primary N) is 1. The molecule has 0 fully saturated rings. The molecule has 3 heterocycles. The predicted octanol–water partition coefficient (Wildman–Crippen LogP) is 2.92.